The molecule has 0 bridgehead atoms. The lowest BCUT2D eigenvalue weighted by atomic mass is 10.2. The maximum absolute atomic E-state index is 10.4. The summed E-state index contributed by atoms with van der Waals surface area (Å²) in [6.07, 6.45) is 2.90. The normalized spacial score (nSPS) is 11.7. The van der Waals surface area contributed by atoms with E-state index < -0.39 is 12.1 Å². The van der Waals surface area contributed by atoms with E-state index in [4.69, 9.17) is 16.3 Å². The molecule has 0 aliphatic heterocycles. The Bertz CT molecular complexity index is 529. The van der Waals surface area contributed by atoms with Crippen molar-refractivity contribution < 1.29 is 19.1 Å². The van der Waals surface area contributed by atoms with Crippen LogP contribution in [0.3, 0.4) is 0 Å². The van der Waals surface area contributed by atoms with E-state index >= 15 is 0 Å². The van der Waals surface area contributed by atoms with E-state index in [2.05, 4.69) is 27.3 Å². The van der Waals surface area contributed by atoms with Crippen LogP contribution >= 0.6 is 11.6 Å². The van der Waals surface area contributed by atoms with Crippen molar-refractivity contribution in [3.05, 3.63) is 54.1 Å². The molecule has 0 spiro atoms. The van der Waals surface area contributed by atoms with Gasteiger partial charge in [-0.05, 0) is 49.8 Å². The molecule has 1 unspecified atom stereocenters. The van der Waals surface area contributed by atoms with Crippen LogP contribution in [-0.2, 0) is 4.79 Å². The van der Waals surface area contributed by atoms with Crippen LogP contribution < -0.4 is 9.84 Å². The number of nitrogens with zero attached hydrogens (tertiary/aromatic N) is 1. The summed E-state index contributed by atoms with van der Waals surface area (Å²) in [4.78, 5) is 10.4. The molecule has 128 valence electrons. The first-order valence-electron chi connectivity index (χ1n) is 7.30. The van der Waals surface area contributed by atoms with Gasteiger partial charge in [0.1, 0.15) is 11.9 Å². The average Bonchev–Trinajstić information content (AvgIpc) is 2.42. The van der Waals surface area contributed by atoms with Gasteiger partial charge in [0.2, 0.25) is 0 Å². The Balaban J connectivity index is 0.000000468. The highest BCUT2D eigenvalue weighted by Gasteiger charge is 2.08. The average molecular weight is 340 g/mol. The molecule has 5 heteroatoms. The SMILES string of the molecule is C=CC[N+](C)(C)CC=C.Cc1cc(Cl)ccc1OC(C)C(=O)[O-]. The standard InChI is InChI=1S/C10H11ClO3.C8H16N/c1-6-5-8(11)3-4-9(6)14-7(2)10(12)13;1-5-7-9(3,4)8-6-2/h3-5,7H,1-2H3,(H,12,13);5-6H,1-2,7-8H2,3-4H3/q;+1/p-1. The number of carbonyl (C=O) groups is 1. The molecule has 0 radical (unpaired) electrons. The third kappa shape index (κ3) is 9.06. The molecule has 0 amide bonds. The van der Waals surface area contributed by atoms with Crippen LogP contribution in [0.25, 0.3) is 0 Å². The lowest BCUT2D eigenvalue weighted by Gasteiger charge is -2.26. The zero-order valence-corrected chi connectivity index (χ0v) is 15.1. The van der Waals surface area contributed by atoms with Gasteiger partial charge < -0.3 is 19.1 Å². The molecule has 1 aromatic rings. The summed E-state index contributed by atoms with van der Waals surface area (Å²) in [5.74, 6) is -0.731. The fourth-order valence-corrected chi connectivity index (χ4v) is 1.98. The van der Waals surface area contributed by atoms with Crippen molar-refractivity contribution >= 4 is 17.6 Å². The molecule has 0 fully saturated rings. The number of hydrogen-bond acceptors (Lipinski definition) is 3. The Hall–Kier alpha value is -1.78. The molecule has 0 aliphatic rings. The maximum Gasteiger partial charge on any atom is 0.135 e. The Morgan fingerprint density at radius 1 is 1.35 bits per heavy atom. The molecule has 0 heterocycles. The van der Waals surface area contributed by atoms with E-state index in [9.17, 15) is 9.90 Å². The largest absolute Gasteiger partial charge is 0.546 e. The van der Waals surface area contributed by atoms with Crippen molar-refractivity contribution in [2.24, 2.45) is 0 Å². The molecule has 4 nitrogen and oxygen atoms in total. The summed E-state index contributed by atoms with van der Waals surface area (Å²) in [5.41, 5.74) is 0.797. The number of aliphatic carboxylic acids is 1. The number of ether oxygens (including phenoxy) is 1. The van der Waals surface area contributed by atoms with E-state index in [0.717, 1.165) is 23.1 Å². The summed E-state index contributed by atoms with van der Waals surface area (Å²) >= 11 is 5.73. The van der Waals surface area contributed by atoms with Gasteiger partial charge in [-0.25, -0.2) is 0 Å². The number of carboxylic acid groups (broad SMARTS) is 1. The predicted octanol–water partition coefficient (Wildman–Crippen LogP) is 2.60. The molecule has 1 rings (SSSR count). The molecular weight excluding hydrogens is 314 g/mol. The van der Waals surface area contributed by atoms with Gasteiger partial charge in [0, 0.05) is 5.02 Å². The van der Waals surface area contributed by atoms with Crippen molar-refractivity contribution in [1.29, 1.82) is 0 Å². The van der Waals surface area contributed by atoms with Gasteiger partial charge in [0.15, 0.2) is 0 Å². The number of quaternary nitrogens is 1. The topological polar surface area (TPSA) is 49.4 Å². The van der Waals surface area contributed by atoms with Gasteiger partial charge in [0.25, 0.3) is 0 Å². The highest BCUT2D eigenvalue weighted by Crippen LogP contribution is 2.22. The number of rotatable bonds is 7. The predicted molar refractivity (Wildman–Crippen MR) is 93.5 cm³/mol. The van der Waals surface area contributed by atoms with Crippen molar-refractivity contribution in [2.75, 3.05) is 27.2 Å². The Labute approximate surface area is 144 Å². The summed E-state index contributed by atoms with van der Waals surface area (Å²) in [7, 11) is 4.31. The maximum atomic E-state index is 10.4. The molecule has 0 saturated heterocycles. The van der Waals surface area contributed by atoms with Gasteiger partial charge in [-0.2, -0.15) is 0 Å². The molecule has 1 aromatic carbocycles. The second-order valence-electron chi connectivity index (χ2n) is 5.87. The number of hydrogen-bond donors (Lipinski definition) is 0. The summed E-state index contributed by atoms with van der Waals surface area (Å²) in [5, 5.41) is 11.0. The van der Waals surface area contributed by atoms with E-state index in [0.29, 0.717) is 10.8 Å². The number of likely N-dealkylation sites (N-methyl/N-ethyl adjacent to an activating group) is 1. The van der Waals surface area contributed by atoms with Crippen molar-refractivity contribution in [2.45, 2.75) is 20.0 Å². The van der Waals surface area contributed by atoms with E-state index in [1.54, 1.807) is 25.1 Å². The number of carbonyl (C=O) groups excluding carboxylic acids is 1. The quantitative estimate of drug-likeness (QED) is 0.566. The van der Waals surface area contributed by atoms with Crippen molar-refractivity contribution in [3.63, 3.8) is 0 Å². The minimum Gasteiger partial charge on any atom is -0.546 e. The smallest absolute Gasteiger partial charge is 0.135 e. The summed E-state index contributed by atoms with van der Waals surface area (Å²) in [6.45, 7) is 12.6. The van der Waals surface area contributed by atoms with Crippen LogP contribution in [0.15, 0.2) is 43.5 Å². The Morgan fingerprint density at radius 3 is 2.26 bits per heavy atom. The first-order chi connectivity index (χ1) is 10.6. The number of benzene rings is 1. The first-order valence-corrected chi connectivity index (χ1v) is 7.68. The van der Waals surface area contributed by atoms with Gasteiger partial charge in [0.05, 0.1) is 33.2 Å². The monoisotopic (exact) mass is 339 g/mol. The fourth-order valence-electron chi connectivity index (χ4n) is 1.76. The third-order valence-electron chi connectivity index (χ3n) is 3.02. The van der Waals surface area contributed by atoms with Gasteiger partial charge >= 0.3 is 0 Å². The first kappa shape index (κ1) is 21.2. The van der Waals surface area contributed by atoms with Gasteiger partial charge in [-0.15, -0.1) is 0 Å². The number of halogens is 1. The highest BCUT2D eigenvalue weighted by molar-refractivity contribution is 6.30. The van der Waals surface area contributed by atoms with E-state index in [-0.39, 0.29) is 0 Å². The second-order valence-corrected chi connectivity index (χ2v) is 6.30. The zero-order valence-electron chi connectivity index (χ0n) is 14.3. The highest BCUT2D eigenvalue weighted by atomic mass is 35.5. The lowest BCUT2D eigenvalue weighted by Crippen LogP contribution is -2.39. The Morgan fingerprint density at radius 2 is 1.87 bits per heavy atom. The molecule has 23 heavy (non-hydrogen) atoms. The molecule has 0 aliphatic carbocycles. The van der Waals surface area contributed by atoms with Gasteiger partial charge in [-0.3, -0.25) is 0 Å². The van der Waals surface area contributed by atoms with E-state index in [1.165, 1.54) is 6.92 Å². The molecule has 0 saturated carbocycles. The number of aryl methyl sites for hydroxylation is 1. The molecule has 0 N–H and O–H groups in total. The summed E-state index contributed by atoms with van der Waals surface area (Å²) in [6, 6.07) is 4.99. The fraction of sp³-hybridized carbons (Fsp3) is 0.389. The molecule has 0 aromatic heterocycles. The molecular formula is C18H26ClNO3. The second kappa shape index (κ2) is 10.1. The van der Waals surface area contributed by atoms with E-state index in [1.807, 2.05) is 12.2 Å². The zero-order chi connectivity index (χ0) is 18.0. The minimum atomic E-state index is -1.24. The third-order valence-corrected chi connectivity index (χ3v) is 3.25. The van der Waals surface area contributed by atoms with Crippen LogP contribution in [0.5, 0.6) is 5.75 Å². The van der Waals surface area contributed by atoms with Crippen LogP contribution in [0.2, 0.25) is 5.02 Å². The van der Waals surface area contributed by atoms with Crippen LogP contribution in [-0.4, -0.2) is 43.7 Å². The number of carboxylic acids is 1. The minimum absolute atomic E-state index is 0.506. The Kier molecular flexibility index (Phi) is 9.30. The molecule has 1 atom stereocenters. The van der Waals surface area contributed by atoms with Crippen LogP contribution in [0, 0.1) is 6.92 Å². The van der Waals surface area contributed by atoms with Crippen LogP contribution in [0.1, 0.15) is 12.5 Å². The summed E-state index contributed by atoms with van der Waals surface area (Å²) < 4.78 is 6.09. The van der Waals surface area contributed by atoms with Crippen molar-refractivity contribution in [3.8, 4) is 5.75 Å². The lowest BCUT2D eigenvalue weighted by molar-refractivity contribution is -0.878. The van der Waals surface area contributed by atoms with Crippen LogP contribution in [0.4, 0.5) is 0 Å². The van der Waals surface area contributed by atoms with Crippen molar-refractivity contribution in [1.82, 2.24) is 0 Å². The van der Waals surface area contributed by atoms with Gasteiger partial charge in [-0.1, -0.05) is 24.8 Å².